The van der Waals surface area contributed by atoms with Gasteiger partial charge < -0.3 is 34.7 Å². The molecule has 0 unspecified atom stereocenters. The summed E-state index contributed by atoms with van der Waals surface area (Å²) in [4.78, 5) is 0. The molecule has 1 nitrogen and oxygen atoms in total. The molecule has 102 valence electrons. The molecule has 0 heterocycles. The number of rotatable bonds is 0. The van der Waals surface area contributed by atoms with Crippen LogP contribution in [-0.2, 0) is 42.1 Å². The molecule has 0 rings (SSSR count). The van der Waals surface area contributed by atoms with E-state index in [9.17, 15) is 0 Å². The zero-order valence-corrected chi connectivity index (χ0v) is 18.6. The first-order valence-corrected chi connectivity index (χ1v) is 4.12. The molecular weight excluding hydrogens is 528 g/mol. The fraction of sp³-hybridized carbons (Fsp3) is 0.667. The van der Waals surface area contributed by atoms with Crippen molar-refractivity contribution in [1.82, 2.24) is 0 Å². The minimum Gasteiger partial charge on any atom is -0.412 e. The average molecular weight is 564 g/mol. The summed E-state index contributed by atoms with van der Waals surface area (Å²) < 4.78 is 0. The van der Waals surface area contributed by atoms with E-state index in [1.54, 1.807) is 6.92 Å². The van der Waals surface area contributed by atoms with Crippen LogP contribution in [0.3, 0.4) is 0 Å². The van der Waals surface area contributed by atoms with Gasteiger partial charge in [-0.3, -0.25) is 0 Å². The first-order chi connectivity index (χ1) is 4.41. The Morgan fingerprint density at radius 2 is 0.667 bits per heavy atom. The van der Waals surface area contributed by atoms with Crippen molar-refractivity contribution >= 4 is 0 Å². The Bertz CT molecular complexity index is 13.6. The van der Waals surface area contributed by atoms with E-state index < -0.39 is 0 Å². The standard InChI is InChI=1S/C3H8.2C2H6.C2H5.3CH3.H2O.2W/c1-3-2;3*1-2;;;;;;/h3H2,1-2H3;2*1-2H3;1H2,2H3;3*1H3;1H2;;/q;;;4*-1;;2*+2. The van der Waals surface area contributed by atoms with Crippen molar-refractivity contribution in [2.45, 2.75) is 54.9 Å². The number of hydrogen-bond acceptors (Lipinski definition) is 0. The molecule has 0 aromatic rings. The Balaban J connectivity index is -0.00000000248. The quantitative estimate of drug-likeness (QED) is 0.378. The van der Waals surface area contributed by atoms with Crippen molar-refractivity contribution in [1.29, 1.82) is 0 Å². The van der Waals surface area contributed by atoms with E-state index >= 15 is 0 Å². The van der Waals surface area contributed by atoms with Crippen LogP contribution < -0.4 is 0 Å². The molecule has 0 aromatic heterocycles. The maximum absolute atomic E-state index is 3.25. The molecular formula is C12H36OW2. The zero-order valence-electron chi connectivity index (χ0n) is 12.7. The molecule has 0 saturated carbocycles. The van der Waals surface area contributed by atoms with Gasteiger partial charge in [0.25, 0.3) is 0 Å². The van der Waals surface area contributed by atoms with E-state index in [0.717, 1.165) is 0 Å². The van der Waals surface area contributed by atoms with Gasteiger partial charge in [0.05, 0.1) is 0 Å². The topological polar surface area (TPSA) is 31.5 Å². The van der Waals surface area contributed by atoms with Crippen LogP contribution in [-0.4, -0.2) is 5.48 Å². The van der Waals surface area contributed by atoms with Gasteiger partial charge in [-0.1, -0.05) is 48.0 Å². The SMILES string of the molecule is CC.CC.CCC.O.[CH2-]C.[CH3-].[CH3-].[CH3-].[W+2].[W+2]. The maximum atomic E-state index is 3.25. The molecule has 0 aliphatic heterocycles. The minimum absolute atomic E-state index is 0. The molecule has 0 radical (unpaired) electrons. The predicted octanol–water partition coefficient (Wildman–Crippen LogP) is 4.83. The summed E-state index contributed by atoms with van der Waals surface area (Å²) in [5.74, 6) is 0. The fourth-order valence-corrected chi connectivity index (χ4v) is 0. The molecule has 3 heteroatoms. The Hall–Kier alpha value is 1.34. The Morgan fingerprint density at radius 1 is 0.667 bits per heavy atom. The normalized spacial score (nSPS) is 2.40. The van der Waals surface area contributed by atoms with E-state index in [1.807, 2.05) is 27.7 Å². The summed E-state index contributed by atoms with van der Waals surface area (Å²) in [7, 11) is 0. The third kappa shape index (κ3) is 1530. The fourth-order valence-electron chi connectivity index (χ4n) is 0. The van der Waals surface area contributed by atoms with Gasteiger partial charge in [-0.2, -0.15) is 6.92 Å². The van der Waals surface area contributed by atoms with Crippen LogP contribution in [0.4, 0.5) is 0 Å². The van der Waals surface area contributed by atoms with Crippen LogP contribution in [0, 0.1) is 29.2 Å². The van der Waals surface area contributed by atoms with Crippen LogP contribution in [0.5, 0.6) is 0 Å². The minimum atomic E-state index is 0. The molecule has 0 aliphatic rings. The van der Waals surface area contributed by atoms with E-state index in [-0.39, 0.29) is 69.9 Å². The van der Waals surface area contributed by atoms with Crippen molar-refractivity contribution in [2.24, 2.45) is 0 Å². The molecule has 0 amide bonds. The molecule has 0 fully saturated rings. The van der Waals surface area contributed by atoms with E-state index in [2.05, 4.69) is 20.8 Å². The zero-order chi connectivity index (χ0) is 8.71. The Kier molecular flexibility index (Phi) is 3680. The summed E-state index contributed by atoms with van der Waals surface area (Å²) in [6, 6.07) is 0. The largest absolute Gasteiger partial charge is 2.00 e. The third-order valence-corrected chi connectivity index (χ3v) is 0. The summed E-state index contributed by atoms with van der Waals surface area (Å²) in [6.07, 6.45) is 1.25. The number of hydrogen-bond donors (Lipinski definition) is 0. The first-order valence-electron chi connectivity index (χ1n) is 4.12. The summed E-state index contributed by atoms with van der Waals surface area (Å²) in [5, 5.41) is 0. The van der Waals surface area contributed by atoms with Crippen LogP contribution in [0.1, 0.15) is 54.9 Å². The second-order valence-electron chi connectivity index (χ2n) is 0.707. The third-order valence-electron chi connectivity index (χ3n) is 0. The van der Waals surface area contributed by atoms with Crippen molar-refractivity contribution < 1.29 is 47.6 Å². The van der Waals surface area contributed by atoms with Crippen molar-refractivity contribution in [3.63, 3.8) is 0 Å². The summed E-state index contributed by atoms with van der Waals surface area (Å²) in [6.45, 7) is 17.2. The van der Waals surface area contributed by atoms with Gasteiger partial charge in [0.15, 0.2) is 0 Å². The smallest absolute Gasteiger partial charge is 0.412 e. The van der Waals surface area contributed by atoms with E-state index in [1.165, 1.54) is 6.42 Å². The predicted molar refractivity (Wildman–Crippen MR) is 72.5 cm³/mol. The van der Waals surface area contributed by atoms with E-state index in [0.29, 0.717) is 0 Å². The molecule has 0 bridgehead atoms. The van der Waals surface area contributed by atoms with Gasteiger partial charge in [0, 0.05) is 0 Å². The van der Waals surface area contributed by atoms with Gasteiger partial charge in [0.1, 0.15) is 0 Å². The van der Waals surface area contributed by atoms with Gasteiger partial charge in [-0.25, -0.2) is 0 Å². The van der Waals surface area contributed by atoms with E-state index in [4.69, 9.17) is 0 Å². The van der Waals surface area contributed by atoms with Crippen molar-refractivity contribution in [3.05, 3.63) is 29.2 Å². The summed E-state index contributed by atoms with van der Waals surface area (Å²) >= 11 is 0. The second kappa shape index (κ2) is 577. The van der Waals surface area contributed by atoms with Crippen LogP contribution in [0.15, 0.2) is 0 Å². The Labute approximate surface area is 131 Å². The summed E-state index contributed by atoms with van der Waals surface area (Å²) in [5.41, 5.74) is 0. The van der Waals surface area contributed by atoms with Crippen LogP contribution in [0.2, 0.25) is 0 Å². The second-order valence-corrected chi connectivity index (χ2v) is 0.707. The van der Waals surface area contributed by atoms with Crippen LogP contribution in [0.25, 0.3) is 0 Å². The molecule has 2 N–H and O–H groups in total. The molecule has 15 heavy (non-hydrogen) atoms. The molecule has 0 saturated heterocycles. The molecule has 0 aliphatic carbocycles. The van der Waals surface area contributed by atoms with Crippen LogP contribution >= 0.6 is 0 Å². The van der Waals surface area contributed by atoms with Crippen molar-refractivity contribution in [2.75, 3.05) is 0 Å². The molecule has 0 aromatic carbocycles. The Morgan fingerprint density at radius 3 is 0.667 bits per heavy atom. The molecule has 0 atom stereocenters. The van der Waals surface area contributed by atoms with Gasteiger partial charge in [0.2, 0.25) is 0 Å². The monoisotopic (exact) mass is 564 g/mol. The maximum Gasteiger partial charge on any atom is 2.00 e. The van der Waals surface area contributed by atoms with Gasteiger partial charge >= 0.3 is 42.1 Å². The van der Waals surface area contributed by atoms with Gasteiger partial charge in [-0.05, 0) is 0 Å². The average Bonchev–Trinajstić information content (AvgIpc) is 2.01. The van der Waals surface area contributed by atoms with Gasteiger partial charge in [-0.15, -0.1) is 0 Å². The molecule has 0 spiro atoms. The van der Waals surface area contributed by atoms with Crippen molar-refractivity contribution in [3.8, 4) is 0 Å². The first kappa shape index (κ1) is 95.7.